The zero-order valence-corrected chi connectivity index (χ0v) is 15.0. The quantitative estimate of drug-likeness (QED) is 0.846. The average Bonchev–Trinajstić information content (AvgIpc) is 3.38. The Morgan fingerprint density at radius 2 is 2.00 bits per heavy atom. The van der Waals surface area contributed by atoms with Crippen molar-refractivity contribution in [2.45, 2.75) is 38.4 Å². The van der Waals surface area contributed by atoms with Crippen molar-refractivity contribution in [2.24, 2.45) is 0 Å². The first-order chi connectivity index (χ1) is 12.7. The summed E-state index contributed by atoms with van der Waals surface area (Å²) in [6.07, 6.45) is 2.47. The molecule has 0 unspecified atom stereocenters. The van der Waals surface area contributed by atoms with Crippen molar-refractivity contribution < 1.29 is 9.53 Å². The van der Waals surface area contributed by atoms with E-state index < -0.39 is 0 Å². The van der Waals surface area contributed by atoms with Crippen LogP contribution in [0.3, 0.4) is 0 Å². The number of carbonyl (C=O) groups excluding carboxylic acids is 1. The first kappa shape index (κ1) is 17.1. The SMILES string of the molecule is Cc1nnnn1Cc1ccc(C(=O)N[C@@H]2COC[C@H]2N2CCCC2)cc1. The van der Waals surface area contributed by atoms with Crippen LogP contribution in [0, 0.1) is 6.92 Å². The molecule has 26 heavy (non-hydrogen) atoms. The molecular weight excluding hydrogens is 332 g/mol. The number of nitrogens with one attached hydrogen (secondary N) is 1. The molecule has 0 spiro atoms. The van der Waals surface area contributed by atoms with Crippen LogP contribution in [0.25, 0.3) is 0 Å². The monoisotopic (exact) mass is 356 g/mol. The number of amides is 1. The molecule has 4 rings (SSSR count). The van der Waals surface area contributed by atoms with Gasteiger partial charge in [0.05, 0.1) is 31.8 Å². The van der Waals surface area contributed by atoms with E-state index in [-0.39, 0.29) is 11.9 Å². The predicted octanol–water partition coefficient (Wildman–Crippen LogP) is 0.623. The Bertz CT molecular complexity index is 753. The van der Waals surface area contributed by atoms with Crippen LogP contribution in [0.5, 0.6) is 0 Å². The molecule has 1 aromatic heterocycles. The van der Waals surface area contributed by atoms with Gasteiger partial charge in [0, 0.05) is 5.56 Å². The summed E-state index contributed by atoms with van der Waals surface area (Å²) < 4.78 is 7.36. The van der Waals surface area contributed by atoms with Crippen molar-refractivity contribution >= 4 is 5.91 Å². The number of aryl methyl sites for hydroxylation is 1. The summed E-state index contributed by atoms with van der Waals surface area (Å²) in [6, 6.07) is 7.95. The van der Waals surface area contributed by atoms with Gasteiger partial charge in [-0.1, -0.05) is 12.1 Å². The smallest absolute Gasteiger partial charge is 0.251 e. The lowest BCUT2D eigenvalue weighted by atomic mass is 10.1. The number of carbonyl (C=O) groups is 1. The molecule has 2 atom stereocenters. The molecule has 2 saturated heterocycles. The van der Waals surface area contributed by atoms with Gasteiger partial charge >= 0.3 is 0 Å². The molecular formula is C18H24N6O2. The first-order valence-corrected chi connectivity index (χ1v) is 9.15. The third-order valence-electron chi connectivity index (χ3n) is 5.24. The van der Waals surface area contributed by atoms with Crippen LogP contribution in [0.2, 0.25) is 0 Å². The fraction of sp³-hybridized carbons (Fsp3) is 0.556. The number of hydrogen-bond acceptors (Lipinski definition) is 6. The summed E-state index contributed by atoms with van der Waals surface area (Å²) in [6.45, 7) is 5.95. The Balaban J connectivity index is 1.37. The van der Waals surface area contributed by atoms with Gasteiger partial charge in [0.2, 0.25) is 0 Å². The van der Waals surface area contributed by atoms with E-state index in [0.29, 0.717) is 31.4 Å². The van der Waals surface area contributed by atoms with Gasteiger partial charge in [0.1, 0.15) is 5.82 Å². The van der Waals surface area contributed by atoms with Gasteiger partial charge in [-0.3, -0.25) is 9.69 Å². The molecule has 2 aliphatic heterocycles. The van der Waals surface area contributed by atoms with Crippen LogP contribution in [0.15, 0.2) is 24.3 Å². The summed E-state index contributed by atoms with van der Waals surface area (Å²) in [7, 11) is 0. The highest BCUT2D eigenvalue weighted by Crippen LogP contribution is 2.19. The fourth-order valence-corrected chi connectivity index (χ4v) is 3.70. The van der Waals surface area contributed by atoms with Crippen molar-refractivity contribution in [2.75, 3.05) is 26.3 Å². The summed E-state index contributed by atoms with van der Waals surface area (Å²) in [5, 5.41) is 14.6. The molecule has 138 valence electrons. The number of benzene rings is 1. The molecule has 3 heterocycles. The van der Waals surface area contributed by atoms with Gasteiger partial charge in [0.15, 0.2) is 0 Å². The average molecular weight is 356 g/mol. The number of tetrazole rings is 1. The van der Waals surface area contributed by atoms with Crippen LogP contribution < -0.4 is 5.32 Å². The Kier molecular flexibility index (Phi) is 4.94. The molecule has 0 bridgehead atoms. The fourth-order valence-electron chi connectivity index (χ4n) is 3.70. The van der Waals surface area contributed by atoms with Crippen molar-refractivity contribution in [3.63, 3.8) is 0 Å². The Labute approximate surface area is 152 Å². The minimum atomic E-state index is -0.0464. The molecule has 0 saturated carbocycles. The maximum absolute atomic E-state index is 12.6. The second-order valence-electron chi connectivity index (χ2n) is 7.01. The summed E-state index contributed by atoms with van der Waals surface area (Å²) >= 11 is 0. The Hall–Kier alpha value is -2.32. The van der Waals surface area contributed by atoms with E-state index in [1.165, 1.54) is 12.8 Å². The molecule has 0 radical (unpaired) electrons. The highest BCUT2D eigenvalue weighted by Gasteiger charge is 2.35. The van der Waals surface area contributed by atoms with Crippen LogP contribution in [-0.2, 0) is 11.3 Å². The number of rotatable bonds is 5. The standard InChI is InChI=1S/C18H24N6O2/c1-13-20-21-22-24(13)10-14-4-6-15(7-5-14)18(25)19-16-11-26-12-17(16)23-8-2-3-9-23/h4-7,16-17H,2-3,8-12H2,1H3,(H,19,25)/t16-,17-/m1/s1. The highest BCUT2D eigenvalue weighted by molar-refractivity contribution is 5.94. The third-order valence-corrected chi connectivity index (χ3v) is 5.24. The van der Waals surface area contributed by atoms with Crippen molar-refractivity contribution in [3.05, 3.63) is 41.2 Å². The van der Waals surface area contributed by atoms with E-state index in [1.54, 1.807) is 4.68 Å². The number of likely N-dealkylation sites (tertiary alicyclic amines) is 1. The van der Waals surface area contributed by atoms with Crippen LogP contribution in [-0.4, -0.2) is 69.4 Å². The van der Waals surface area contributed by atoms with Crippen LogP contribution in [0.1, 0.15) is 34.6 Å². The van der Waals surface area contributed by atoms with E-state index in [4.69, 9.17) is 4.74 Å². The maximum atomic E-state index is 12.6. The topological polar surface area (TPSA) is 85.2 Å². The Morgan fingerprint density at radius 3 is 2.69 bits per heavy atom. The number of aromatic nitrogens is 4. The second kappa shape index (κ2) is 7.51. The van der Waals surface area contributed by atoms with Gasteiger partial charge in [-0.25, -0.2) is 4.68 Å². The first-order valence-electron chi connectivity index (χ1n) is 9.15. The number of hydrogen-bond donors (Lipinski definition) is 1. The van der Waals surface area contributed by atoms with Crippen LogP contribution >= 0.6 is 0 Å². The van der Waals surface area contributed by atoms with E-state index >= 15 is 0 Å². The van der Waals surface area contributed by atoms with Gasteiger partial charge in [0.25, 0.3) is 5.91 Å². The van der Waals surface area contributed by atoms with E-state index in [1.807, 2.05) is 31.2 Å². The lowest BCUT2D eigenvalue weighted by Crippen LogP contribution is -2.50. The second-order valence-corrected chi connectivity index (χ2v) is 7.01. The summed E-state index contributed by atoms with van der Waals surface area (Å²) in [4.78, 5) is 15.1. The summed E-state index contributed by atoms with van der Waals surface area (Å²) in [5.74, 6) is 0.718. The van der Waals surface area contributed by atoms with E-state index in [9.17, 15) is 4.79 Å². The molecule has 1 aromatic carbocycles. The molecule has 2 fully saturated rings. The molecule has 2 aromatic rings. The van der Waals surface area contributed by atoms with Gasteiger partial charge in [-0.15, -0.1) is 5.10 Å². The third kappa shape index (κ3) is 3.61. The largest absolute Gasteiger partial charge is 0.378 e. The number of ether oxygens (including phenoxy) is 1. The minimum Gasteiger partial charge on any atom is -0.378 e. The van der Waals surface area contributed by atoms with Gasteiger partial charge in [-0.05, 0) is 61.0 Å². The zero-order valence-electron chi connectivity index (χ0n) is 15.0. The van der Waals surface area contributed by atoms with Gasteiger partial charge < -0.3 is 10.1 Å². The Morgan fingerprint density at radius 1 is 1.23 bits per heavy atom. The van der Waals surface area contributed by atoms with Gasteiger partial charge in [-0.2, -0.15) is 0 Å². The number of nitrogens with zero attached hydrogens (tertiary/aromatic N) is 5. The van der Waals surface area contributed by atoms with Crippen molar-refractivity contribution in [1.29, 1.82) is 0 Å². The molecule has 1 amide bonds. The molecule has 8 nitrogen and oxygen atoms in total. The molecule has 2 aliphatic rings. The lowest BCUT2D eigenvalue weighted by molar-refractivity contribution is 0.0916. The minimum absolute atomic E-state index is 0.0464. The van der Waals surface area contributed by atoms with E-state index in [2.05, 4.69) is 25.7 Å². The molecule has 1 N–H and O–H groups in total. The molecule has 0 aliphatic carbocycles. The van der Waals surface area contributed by atoms with Crippen molar-refractivity contribution in [3.8, 4) is 0 Å². The maximum Gasteiger partial charge on any atom is 0.251 e. The van der Waals surface area contributed by atoms with Crippen LogP contribution in [0.4, 0.5) is 0 Å². The zero-order chi connectivity index (χ0) is 17.9. The summed E-state index contributed by atoms with van der Waals surface area (Å²) in [5.41, 5.74) is 1.71. The predicted molar refractivity (Wildman–Crippen MR) is 94.8 cm³/mol. The van der Waals surface area contributed by atoms with Crippen molar-refractivity contribution in [1.82, 2.24) is 30.4 Å². The highest BCUT2D eigenvalue weighted by atomic mass is 16.5. The lowest BCUT2D eigenvalue weighted by Gasteiger charge is -2.27. The molecule has 8 heteroatoms. The normalized spacial score (nSPS) is 23.4. The van der Waals surface area contributed by atoms with E-state index in [0.717, 1.165) is 24.5 Å².